The van der Waals surface area contributed by atoms with Crippen molar-refractivity contribution >= 4 is 23.7 Å². The van der Waals surface area contributed by atoms with E-state index < -0.39 is 41.8 Å². The lowest BCUT2D eigenvalue weighted by Crippen LogP contribution is -2.57. The molecule has 2 aromatic carbocycles. The highest BCUT2D eigenvalue weighted by Gasteiger charge is 2.29. The van der Waals surface area contributed by atoms with Crippen molar-refractivity contribution in [3.63, 3.8) is 0 Å². The monoisotopic (exact) mass is 497 g/mol. The topological polar surface area (TPSA) is 177 Å². The van der Waals surface area contributed by atoms with Gasteiger partial charge < -0.3 is 32.5 Å². The second kappa shape index (κ2) is 15.3. The Morgan fingerprint density at radius 2 is 1.17 bits per heavy atom. The number of carboxylic acids is 1. The zero-order valence-electron chi connectivity index (χ0n) is 20.2. The van der Waals surface area contributed by atoms with Gasteiger partial charge in [0.05, 0.1) is 6.54 Å². The first-order valence-corrected chi connectivity index (χ1v) is 11.9. The van der Waals surface area contributed by atoms with Crippen molar-refractivity contribution in [2.24, 2.45) is 11.5 Å². The van der Waals surface area contributed by atoms with Gasteiger partial charge in [-0.05, 0) is 36.9 Å². The molecule has 8 N–H and O–H groups in total. The van der Waals surface area contributed by atoms with Gasteiger partial charge in [-0.15, -0.1) is 0 Å². The largest absolute Gasteiger partial charge is 0.480 e. The van der Waals surface area contributed by atoms with Gasteiger partial charge in [-0.25, -0.2) is 4.79 Å². The molecule has 0 spiro atoms. The number of carbonyl (C=O) groups is 4. The Morgan fingerprint density at radius 1 is 0.694 bits per heavy atom. The maximum Gasteiger partial charge on any atom is 0.326 e. The zero-order chi connectivity index (χ0) is 26.3. The van der Waals surface area contributed by atoms with Crippen LogP contribution in [0.15, 0.2) is 60.7 Å². The van der Waals surface area contributed by atoms with Crippen LogP contribution >= 0.6 is 0 Å². The third kappa shape index (κ3) is 9.85. The van der Waals surface area contributed by atoms with E-state index >= 15 is 0 Å². The van der Waals surface area contributed by atoms with Gasteiger partial charge in [0, 0.05) is 12.8 Å². The summed E-state index contributed by atoms with van der Waals surface area (Å²) < 4.78 is 0. The van der Waals surface area contributed by atoms with Gasteiger partial charge in [0.1, 0.15) is 18.1 Å². The molecular formula is C26H35N5O5. The molecule has 0 aliphatic heterocycles. The fourth-order valence-electron chi connectivity index (χ4n) is 3.67. The minimum absolute atomic E-state index is 0.135. The first-order valence-electron chi connectivity index (χ1n) is 11.9. The Bertz CT molecular complexity index is 987. The van der Waals surface area contributed by atoms with E-state index in [2.05, 4.69) is 16.0 Å². The Hall–Kier alpha value is -3.76. The highest BCUT2D eigenvalue weighted by molar-refractivity contribution is 5.93. The molecule has 3 amide bonds. The lowest BCUT2D eigenvalue weighted by Gasteiger charge is -2.25. The molecule has 10 nitrogen and oxygen atoms in total. The minimum Gasteiger partial charge on any atom is -0.480 e. The van der Waals surface area contributed by atoms with E-state index in [0.29, 0.717) is 19.4 Å². The molecule has 0 fully saturated rings. The van der Waals surface area contributed by atoms with Crippen LogP contribution in [0.2, 0.25) is 0 Å². The number of hydrogen-bond acceptors (Lipinski definition) is 6. The molecule has 2 aromatic rings. The summed E-state index contributed by atoms with van der Waals surface area (Å²) in [6.07, 6.45) is 1.71. The molecule has 0 saturated carbocycles. The van der Waals surface area contributed by atoms with Crippen LogP contribution in [-0.4, -0.2) is 60.0 Å². The summed E-state index contributed by atoms with van der Waals surface area (Å²) in [7, 11) is 0. The van der Waals surface area contributed by atoms with Crippen molar-refractivity contribution in [1.82, 2.24) is 16.0 Å². The molecule has 0 aliphatic rings. The molecule has 0 aliphatic carbocycles. The van der Waals surface area contributed by atoms with E-state index in [0.717, 1.165) is 11.1 Å². The molecule has 36 heavy (non-hydrogen) atoms. The molecule has 0 radical (unpaired) electrons. The summed E-state index contributed by atoms with van der Waals surface area (Å²) in [4.78, 5) is 50.1. The van der Waals surface area contributed by atoms with Crippen LogP contribution in [0.1, 0.15) is 30.4 Å². The number of rotatable bonds is 15. The van der Waals surface area contributed by atoms with E-state index in [1.54, 1.807) is 24.3 Å². The lowest BCUT2D eigenvalue weighted by molar-refractivity contribution is -0.142. The first kappa shape index (κ1) is 28.5. The second-order valence-electron chi connectivity index (χ2n) is 8.45. The van der Waals surface area contributed by atoms with Crippen molar-refractivity contribution in [2.45, 2.75) is 50.2 Å². The van der Waals surface area contributed by atoms with Crippen molar-refractivity contribution in [1.29, 1.82) is 0 Å². The summed E-state index contributed by atoms with van der Waals surface area (Å²) in [5.74, 6) is -2.88. The van der Waals surface area contributed by atoms with E-state index in [1.807, 2.05) is 36.4 Å². The van der Waals surface area contributed by atoms with Gasteiger partial charge in [-0.3, -0.25) is 14.4 Å². The Kier molecular flexibility index (Phi) is 12.1. The maximum absolute atomic E-state index is 13.3. The summed E-state index contributed by atoms with van der Waals surface area (Å²) in [6.45, 7) is 0.125. The minimum atomic E-state index is -1.16. The average molecular weight is 498 g/mol. The fraction of sp³-hybridized carbons (Fsp3) is 0.385. The van der Waals surface area contributed by atoms with E-state index in [9.17, 15) is 24.3 Å². The number of benzene rings is 2. The van der Waals surface area contributed by atoms with Crippen LogP contribution in [0.4, 0.5) is 0 Å². The summed E-state index contributed by atoms with van der Waals surface area (Å²) in [5.41, 5.74) is 12.5. The number of hydrogen-bond donors (Lipinski definition) is 6. The smallest absolute Gasteiger partial charge is 0.326 e. The molecule has 10 heteroatoms. The lowest BCUT2D eigenvalue weighted by atomic mass is 10.0. The molecule has 3 unspecified atom stereocenters. The average Bonchev–Trinajstić information content (AvgIpc) is 2.88. The van der Waals surface area contributed by atoms with Crippen molar-refractivity contribution in [3.8, 4) is 0 Å². The van der Waals surface area contributed by atoms with Crippen LogP contribution in [-0.2, 0) is 32.0 Å². The second-order valence-corrected chi connectivity index (χ2v) is 8.45. The highest BCUT2D eigenvalue weighted by atomic mass is 16.4. The highest BCUT2D eigenvalue weighted by Crippen LogP contribution is 2.08. The van der Waals surface area contributed by atoms with Crippen LogP contribution in [0.25, 0.3) is 0 Å². The van der Waals surface area contributed by atoms with Crippen LogP contribution in [0, 0.1) is 0 Å². The SMILES string of the molecule is NCCCCC(NC(=O)C(Cc1ccccc1)NC(=O)C(Cc1ccccc1)NC(=O)CN)C(=O)O. The van der Waals surface area contributed by atoms with Gasteiger partial charge in [-0.1, -0.05) is 60.7 Å². The summed E-state index contributed by atoms with van der Waals surface area (Å²) in [6, 6.07) is 15.0. The number of carboxylic acid groups (broad SMARTS) is 1. The molecule has 0 bridgehead atoms. The fourth-order valence-corrected chi connectivity index (χ4v) is 3.67. The Balaban J connectivity index is 2.22. The molecule has 0 aromatic heterocycles. The quantitative estimate of drug-likeness (QED) is 0.189. The summed E-state index contributed by atoms with van der Waals surface area (Å²) in [5, 5.41) is 17.4. The number of carbonyl (C=O) groups excluding carboxylic acids is 3. The van der Waals surface area contributed by atoms with E-state index in [4.69, 9.17) is 11.5 Å². The molecule has 194 valence electrons. The van der Waals surface area contributed by atoms with Gasteiger partial charge in [0.2, 0.25) is 17.7 Å². The number of nitrogens with one attached hydrogen (secondary N) is 3. The normalized spacial score (nSPS) is 13.2. The first-order chi connectivity index (χ1) is 17.3. The van der Waals surface area contributed by atoms with Crippen LogP contribution < -0.4 is 27.4 Å². The van der Waals surface area contributed by atoms with Gasteiger partial charge in [-0.2, -0.15) is 0 Å². The zero-order valence-corrected chi connectivity index (χ0v) is 20.2. The van der Waals surface area contributed by atoms with Gasteiger partial charge in [0.15, 0.2) is 0 Å². The van der Waals surface area contributed by atoms with Crippen molar-refractivity contribution < 1.29 is 24.3 Å². The molecule has 3 atom stereocenters. The number of nitrogens with two attached hydrogens (primary N) is 2. The van der Waals surface area contributed by atoms with E-state index in [1.165, 1.54) is 0 Å². The van der Waals surface area contributed by atoms with E-state index in [-0.39, 0.29) is 25.8 Å². The third-order valence-corrected chi connectivity index (χ3v) is 5.60. The van der Waals surface area contributed by atoms with Crippen LogP contribution in [0.5, 0.6) is 0 Å². The van der Waals surface area contributed by atoms with Crippen molar-refractivity contribution in [2.75, 3.05) is 13.1 Å². The molecule has 2 rings (SSSR count). The van der Waals surface area contributed by atoms with Crippen LogP contribution in [0.3, 0.4) is 0 Å². The number of amides is 3. The standard InChI is InChI=1S/C26H35N5O5/c27-14-8-7-13-20(26(35)36)30-25(34)22(16-19-11-5-2-6-12-19)31-24(33)21(29-23(32)17-28)15-18-9-3-1-4-10-18/h1-6,9-12,20-22H,7-8,13-17,27-28H2,(H,29,32)(H,30,34)(H,31,33)(H,35,36). The Morgan fingerprint density at radius 3 is 1.61 bits per heavy atom. The molecular weight excluding hydrogens is 462 g/mol. The summed E-state index contributed by atoms with van der Waals surface area (Å²) >= 11 is 0. The third-order valence-electron chi connectivity index (χ3n) is 5.60. The van der Waals surface area contributed by atoms with Crippen molar-refractivity contribution in [3.05, 3.63) is 71.8 Å². The number of unbranched alkanes of at least 4 members (excludes halogenated alkanes) is 1. The van der Waals surface area contributed by atoms with Gasteiger partial charge in [0.25, 0.3) is 0 Å². The molecule has 0 saturated heterocycles. The van der Waals surface area contributed by atoms with Gasteiger partial charge >= 0.3 is 5.97 Å². The number of aliphatic carboxylic acids is 1. The maximum atomic E-state index is 13.3. The predicted octanol–water partition coefficient (Wildman–Crippen LogP) is 0.0985. The molecule has 0 heterocycles. The Labute approximate surface area is 210 Å². The predicted molar refractivity (Wildman–Crippen MR) is 136 cm³/mol.